The van der Waals surface area contributed by atoms with Gasteiger partial charge in [0.2, 0.25) is 5.91 Å². The number of nitrogens with zero attached hydrogens (tertiary/aromatic N) is 1. The number of hydrogen-bond acceptors (Lipinski definition) is 6. The molecule has 0 aliphatic carbocycles. The number of amides is 2. The molecule has 5 N–H and O–H groups in total. The van der Waals surface area contributed by atoms with Crippen molar-refractivity contribution in [2.75, 3.05) is 24.1 Å². The van der Waals surface area contributed by atoms with E-state index in [4.69, 9.17) is 5.73 Å². The van der Waals surface area contributed by atoms with Crippen LogP contribution < -0.4 is 21.7 Å². The highest BCUT2D eigenvalue weighted by molar-refractivity contribution is 7.18. The predicted octanol–water partition coefficient (Wildman–Crippen LogP) is 0.802. The molecular weight excluding hydrogens is 278 g/mol. The molecule has 20 heavy (non-hydrogen) atoms. The van der Waals surface area contributed by atoms with Gasteiger partial charge in [0.25, 0.3) is 5.91 Å². The van der Waals surface area contributed by atoms with Gasteiger partial charge >= 0.3 is 0 Å². The zero-order valence-electron chi connectivity index (χ0n) is 11.9. The molecule has 0 saturated carbocycles. The van der Waals surface area contributed by atoms with E-state index in [0.29, 0.717) is 16.6 Å². The van der Waals surface area contributed by atoms with Gasteiger partial charge in [-0.1, -0.05) is 11.3 Å². The normalized spacial score (nSPS) is 10.4. The molecule has 0 radical (unpaired) electrons. The van der Waals surface area contributed by atoms with Crippen molar-refractivity contribution < 1.29 is 9.59 Å². The summed E-state index contributed by atoms with van der Waals surface area (Å²) >= 11 is 1.20. The van der Waals surface area contributed by atoms with Crippen LogP contribution in [0, 0.1) is 0 Å². The largest absolute Gasteiger partial charge is 0.382 e. The summed E-state index contributed by atoms with van der Waals surface area (Å²) in [5.74, 6) is -0.192. The van der Waals surface area contributed by atoms with E-state index in [1.165, 1.54) is 11.3 Å². The summed E-state index contributed by atoms with van der Waals surface area (Å²) in [4.78, 5) is 27.7. The molecule has 0 unspecified atom stereocenters. The number of aromatic nitrogens is 1. The van der Waals surface area contributed by atoms with E-state index >= 15 is 0 Å². The maximum atomic E-state index is 11.9. The molecular formula is C12H21N5O2S. The van der Waals surface area contributed by atoms with Crippen LogP contribution in [-0.4, -0.2) is 35.9 Å². The van der Waals surface area contributed by atoms with Crippen molar-refractivity contribution in [2.45, 2.75) is 33.2 Å². The molecule has 7 nitrogen and oxygen atoms in total. The summed E-state index contributed by atoms with van der Waals surface area (Å²) in [7, 11) is 0. The first kappa shape index (κ1) is 16.2. The Morgan fingerprint density at radius 1 is 1.40 bits per heavy atom. The van der Waals surface area contributed by atoms with Gasteiger partial charge in [0.1, 0.15) is 10.7 Å². The molecule has 0 fully saturated rings. The average molecular weight is 299 g/mol. The van der Waals surface area contributed by atoms with Crippen LogP contribution in [0.15, 0.2) is 0 Å². The van der Waals surface area contributed by atoms with Crippen LogP contribution in [0.4, 0.5) is 10.9 Å². The maximum absolute atomic E-state index is 11.9. The fourth-order valence-electron chi connectivity index (χ4n) is 1.49. The number of nitrogen functional groups attached to an aromatic ring is 1. The zero-order chi connectivity index (χ0) is 15.1. The Kier molecular flexibility index (Phi) is 6.23. The van der Waals surface area contributed by atoms with Gasteiger partial charge in [-0.3, -0.25) is 9.59 Å². The molecule has 1 aromatic rings. The number of carbonyl (C=O) groups excluding carboxylic acids is 2. The van der Waals surface area contributed by atoms with E-state index in [-0.39, 0.29) is 36.6 Å². The molecule has 8 heteroatoms. The molecule has 0 spiro atoms. The monoisotopic (exact) mass is 299 g/mol. The van der Waals surface area contributed by atoms with Crippen molar-refractivity contribution in [2.24, 2.45) is 0 Å². The quantitative estimate of drug-likeness (QED) is 0.595. The lowest BCUT2D eigenvalue weighted by Crippen LogP contribution is -2.34. The van der Waals surface area contributed by atoms with Crippen molar-refractivity contribution in [3.63, 3.8) is 0 Å². The minimum Gasteiger partial charge on any atom is -0.382 e. The topological polar surface area (TPSA) is 109 Å². The molecule has 0 bridgehead atoms. The average Bonchev–Trinajstić information content (AvgIpc) is 2.69. The van der Waals surface area contributed by atoms with Crippen molar-refractivity contribution in [1.29, 1.82) is 0 Å². The van der Waals surface area contributed by atoms with Gasteiger partial charge in [-0.25, -0.2) is 4.98 Å². The summed E-state index contributed by atoms with van der Waals surface area (Å²) in [6.07, 6.45) is 0.239. The molecule has 1 rings (SSSR count). The SMILES string of the molecule is CCNc1nc(N)c(C(=O)NCCC(=O)NC(C)C)s1. The number of anilines is 2. The zero-order valence-corrected chi connectivity index (χ0v) is 12.8. The minimum absolute atomic E-state index is 0.0917. The number of hydrogen-bond donors (Lipinski definition) is 4. The fraction of sp³-hybridized carbons (Fsp3) is 0.583. The highest BCUT2D eigenvalue weighted by Crippen LogP contribution is 2.24. The molecule has 1 heterocycles. The number of rotatable bonds is 7. The van der Waals surface area contributed by atoms with E-state index in [2.05, 4.69) is 20.9 Å². The summed E-state index contributed by atoms with van der Waals surface area (Å²) in [6, 6.07) is 0.0954. The van der Waals surface area contributed by atoms with E-state index in [1.54, 1.807) is 0 Å². The Hall–Kier alpha value is -1.83. The van der Waals surface area contributed by atoms with E-state index in [0.717, 1.165) is 0 Å². The van der Waals surface area contributed by atoms with Gasteiger partial charge in [0.15, 0.2) is 5.13 Å². The van der Waals surface area contributed by atoms with Crippen LogP contribution in [-0.2, 0) is 4.79 Å². The third kappa shape index (κ3) is 5.04. The van der Waals surface area contributed by atoms with Crippen molar-refractivity contribution >= 4 is 34.1 Å². The minimum atomic E-state index is -0.304. The molecule has 2 amide bonds. The summed E-state index contributed by atoms with van der Waals surface area (Å²) in [5.41, 5.74) is 5.69. The smallest absolute Gasteiger partial charge is 0.265 e. The van der Waals surface area contributed by atoms with Gasteiger partial charge in [-0.2, -0.15) is 0 Å². The lowest BCUT2D eigenvalue weighted by atomic mass is 10.3. The van der Waals surface area contributed by atoms with Crippen LogP contribution in [0.5, 0.6) is 0 Å². The van der Waals surface area contributed by atoms with Gasteiger partial charge < -0.3 is 21.7 Å². The van der Waals surface area contributed by atoms with Crippen LogP contribution in [0.1, 0.15) is 36.9 Å². The Balaban J connectivity index is 2.45. The lowest BCUT2D eigenvalue weighted by molar-refractivity contribution is -0.121. The summed E-state index contributed by atoms with van der Waals surface area (Å²) in [6.45, 7) is 6.69. The fourth-order valence-corrected chi connectivity index (χ4v) is 2.35. The number of carbonyl (C=O) groups is 2. The Labute approximate surface area is 122 Å². The first-order valence-electron chi connectivity index (χ1n) is 6.51. The Bertz CT molecular complexity index is 472. The van der Waals surface area contributed by atoms with Gasteiger partial charge in [-0.15, -0.1) is 0 Å². The molecule has 0 atom stereocenters. The molecule has 0 aliphatic heterocycles. The van der Waals surface area contributed by atoms with Gasteiger partial charge in [-0.05, 0) is 20.8 Å². The lowest BCUT2D eigenvalue weighted by Gasteiger charge is -2.08. The number of thiazole rings is 1. The standard InChI is InChI=1S/C12H21N5O2S/c1-4-14-12-17-10(13)9(20-12)11(19)15-6-5-8(18)16-7(2)3/h7H,4-6,13H2,1-3H3,(H,14,17)(H,15,19)(H,16,18). The summed E-state index contributed by atoms with van der Waals surface area (Å²) in [5, 5.41) is 9.04. The Morgan fingerprint density at radius 3 is 2.70 bits per heavy atom. The van der Waals surface area contributed by atoms with Crippen molar-refractivity contribution in [3.05, 3.63) is 4.88 Å². The van der Waals surface area contributed by atoms with Crippen LogP contribution in [0.3, 0.4) is 0 Å². The second-order valence-electron chi connectivity index (χ2n) is 4.49. The second kappa shape index (κ2) is 7.68. The molecule has 0 saturated heterocycles. The van der Waals surface area contributed by atoms with Crippen LogP contribution >= 0.6 is 11.3 Å². The predicted molar refractivity (Wildman–Crippen MR) is 80.9 cm³/mol. The second-order valence-corrected chi connectivity index (χ2v) is 5.49. The van der Waals surface area contributed by atoms with E-state index < -0.39 is 0 Å². The van der Waals surface area contributed by atoms with Crippen molar-refractivity contribution in [1.82, 2.24) is 15.6 Å². The van der Waals surface area contributed by atoms with Crippen LogP contribution in [0.25, 0.3) is 0 Å². The third-order valence-electron chi connectivity index (χ3n) is 2.27. The Morgan fingerprint density at radius 2 is 2.10 bits per heavy atom. The number of nitrogens with two attached hydrogens (primary N) is 1. The van der Waals surface area contributed by atoms with E-state index in [1.807, 2.05) is 20.8 Å². The van der Waals surface area contributed by atoms with Gasteiger partial charge in [0.05, 0.1) is 0 Å². The van der Waals surface area contributed by atoms with Crippen molar-refractivity contribution in [3.8, 4) is 0 Å². The molecule has 1 aromatic heterocycles. The first-order valence-corrected chi connectivity index (χ1v) is 7.33. The molecule has 0 aliphatic rings. The maximum Gasteiger partial charge on any atom is 0.265 e. The third-order valence-corrected chi connectivity index (χ3v) is 3.30. The molecule has 0 aromatic carbocycles. The van der Waals surface area contributed by atoms with Crippen LogP contribution in [0.2, 0.25) is 0 Å². The van der Waals surface area contributed by atoms with Gasteiger partial charge in [0, 0.05) is 25.6 Å². The molecule has 112 valence electrons. The highest BCUT2D eigenvalue weighted by atomic mass is 32.1. The van der Waals surface area contributed by atoms with E-state index in [9.17, 15) is 9.59 Å². The summed E-state index contributed by atoms with van der Waals surface area (Å²) < 4.78 is 0. The highest BCUT2D eigenvalue weighted by Gasteiger charge is 2.15. The number of nitrogens with one attached hydrogen (secondary N) is 3. The first-order chi connectivity index (χ1) is 9.43.